The number of hydrogen-bond donors (Lipinski definition) is 0. The van der Waals surface area contributed by atoms with E-state index in [0.29, 0.717) is 37.4 Å². The number of hydrogen-bond acceptors (Lipinski definition) is 3. The van der Waals surface area contributed by atoms with Crippen LogP contribution in [0.25, 0.3) is 0 Å². The third kappa shape index (κ3) is 5.09. The molecule has 0 unspecified atom stereocenters. The molecule has 4 rings (SSSR count). The Morgan fingerprint density at radius 1 is 0.871 bits per heavy atom. The summed E-state index contributed by atoms with van der Waals surface area (Å²) in [5.41, 5.74) is 2.91. The van der Waals surface area contributed by atoms with Crippen LogP contribution in [0.4, 0.5) is 4.39 Å². The van der Waals surface area contributed by atoms with Gasteiger partial charge in [0.25, 0.3) is 0 Å². The highest BCUT2D eigenvalue weighted by Crippen LogP contribution is 2.27. The third-order valence-corrected chi connectivity index (χ3v) is 7.55. The summed E-state index contributed by atoms with van der Waals surface area (Å²) in [7, 11) is -3.49. The van der Waals surface area contributed by atoms with E-state index >= 15 is 0 Å². The molecule has 1 saturated heterocycles. The van der Waals surface area contributed by atoms with Gasteiger partial charge in [-0.05, 0) is 48.2 Å². The number of sulfonamides is 1. The number of aliphatic imine (C=N–C) groups is 1. The Bertz CT molecular complexity index is 1120. The van der Waals surface area contributed by atoms with Crippen LogP contribution in [-0.2, 0) is 16.6 Å². The van der Waals surface area contributed by atoms with Crippen LogP contribution in [0.5, 0.6) is 0 Å². The monoisotopic (exact) mass is 436 g/mol. The number of benzene rings is 3. The van der Waals surface area contributed by atoms with Gasteiger partial charge in [0.2, 0.25) is 10.0 Å². The Hall–Kier alpha value is -2.83. The minimum Gasteiger partial charge on any atom is -0.284 e. The lowest BCUT2D eigenvalue weighted by Gasteiger charge is -2.32. The number of halogens is 1. The van der Waals surface area contributed by atoms with Crippen molar-refractivity contribution in [2.24, 2.45) is 10.9 Å². The lowest BCUT2D eigenvalue weighted by atomic mass is 9.88. The summed E-state index contributed by atoms with van der Waals surface area (Å²) < 4.78 is 40.9. The van der Waals surface area contributed by atoms with Crippen molar-refractivity contribution in [2.75, 3.05) is 13.1 Å². The van der Waals surface area contributed by atoms with E-state index in [9.17, 15) is 12.8 Å². The second kappa shape index (κ2) is 9.54. The van der Waals surface area contributed by atoms with Crippen LogP contribution in [0.2, 0.25) is 0 Å². The summed E-state index contributed by atoms with van der Waals surface area (Å²) >= 11 is 0. The fourth-order valence-corrected chi connectivity index (χ4v) is 5.44. The molecule has 0 N–H and O–H groups in total. The van der Waals surface area contributed by atoms with Gasteiger partial charge in [0.05, 0.1) is 11.4 Å². The van der Waals surface area contributed by atoms with Crippen molar-refractivity contribution in [2.45, 2.75) is 24.3 Å². The molecule has 1 fully saturated rings. The fourth-order valence-electron chi connectivity index (χ4n) is 3.95. The molecular formula is C25H25FN2O2S. The second-order valence-corrected chi connectivity index (χ2v) is 9.62. The zero-order valence-corrected chi connectivity index (χ0v) is 18.0. The normalized spacial score (nSPS) is 16.4. The summed E-state index contributed by atoms with van der Waals surface area (Å²) in [4.78, 5) is 5.21. The van der Waals surface area contributed by atoms with Gasteiger partial charge in [-0.15, -0.1) is 0 Å². The van der Waals surface area contributed by atoms with Gasteiger partial charge >= 0.3 is 0 Å². The van der Waals surface area contributed by atoms with Crippen LogP contribution >= 0.6 is 0 Å². The van der Waals surface area contributed by atoms with Crippen LogP contribution in [0.3, 0.4) is 0 Å². The maximum absolute atomic E-state index is 13.5. The molecule has 0 aromatic heterocycles. The zero-order chi connectivity index (χ0) is 21.7. The van der Waals surface area contributed by atoms with E-state index < -0.39 is 10.0 Å². The molecule has 31 heavy (non-hydrogen) atoms. The maximum Gasteiger partial charge on any atom is 0.243 e. The Kier molecular flexibility index (Phi) is 6.59. The first-order valence-corrected chi connectivity index (χ1v) is 11.9. The molecule has 3 aromatic rings. The van der Waals surface area contributed by atoms with Crippen molar-refractivity contribution in [3.05, 3.63) is 102 Å². The number of rotatable bonds is 6. The van der Waals surface area contributed by atoms with Gasteiger partial charge in [-0.1, -0.05) is 60.7 Å². The van der Waals surface area contributed by atoms with E-state index in [-0.39, 0.29) is 11.7 Å². The van der Waals surface area contributed by atoms with Gasteiger partial charge in [0.1, 0.15) is 5.82 Å². The van der Waals surface area contributed by atoms with E-state index in [1.54, 1.807) is 40.7 Å². The number of piperidine rings is 1. The van der Waals surface area contributed by atoms with Crippen molar-refractivity contribution < 1.29 is 12.8 Å². The largest absolute Gasteiger partial charge is 0.284 e. The fraction of sp³-hybridized carbons (Fsp3) is 0.240. The quantitative estimate of drug-likeness (QED) is 0.515. The van der Waals surface area contributed by atoms with Crippen LogP contribution in [0.1, 0.15) is 24.0 Å². The average Bonchev–Trinajstić information content (AvgIpc) is 2.82. The Labute approximate surface area is 183 Å². The van der Waals surface area contributed by atoms with E-state index in [1.165, 1.54) is 12.1 Å². The van der Waals surface area contributed by atoms with Crippen LogP contribution in [0.15, 0.2) is 94.8 Å². The molecule has 1 aliphatic heterocycles. The Balaban J connectivity index is 1.54. The first kappa shape index (κ1) is 21.4. The molecule has 3 aromatic carbocycles. The SMILES string of the molecule is O=S(=O)(c1ccccc1)N1CCC(C(=NCc2ccccc2)c2ccc(F)cc2)CC1. The first-order valence-electron chi connectivity index (χ1n) is 10.4. The average molecular weight is 437 g/mol. The van der Waals surface area contributed by atoms with E-state index in [4.69, 9.17) is 4.99 Å². The van der Waals surface area contributed by atoms with Crippen LogP contribution in [-0.4, -0.2) is 31.5 Å². The predicted octanol–water partition coefficient (Wildman–Crippen LogP) is 4.92. The molecule has 0 spiro atoms. The molecule has 1 aliphatic rings. The predicted molar refractivity (Wildman–Crippen MR) is 121 cm³/mol. The lowest BCUT2D eigenvalue weighted by molar-refractivity contribution is 0.316. The van der Waals surface area contributed by atoms with E-state index in [2.05, 4.69) is 0 Å². The topological polar surface area (TPSA) is 49.7 Å². The summed E-state index contributed by atoms with van der Waals surface area (Å²) in [6, 6.07) is 24.9. The molecule has 0 amide bonds. The minimum atomic E-state index is -3.49. The number of nitrogens with zero attached hydrogens (tertiary/aromatic N) is 2. The van der Waals surface area contributed by atoms with Gasteiger partial charge in [0, 0.05) is 24.7 Å². The summed E-state index contributed by atoms with van der Waals surface area (Å²) in [5.74, 6) is -0.161. The van der Waals surface area contributed by atoms with Gasteiger partial charge in [-0.3, -0.25) is 4.99 Å². The van der Waals surface area contributed by atoms with E-state index in [1.807, 2.05) is 36.4 Å². The molecule has 6 heteroatoms. The molecule has 0 aliphatic carbocycles. The minimum absolute atomic E-state index is 0.122. The highest BCUT2D eigenvalue weighted by Gasteiger charge is 2.31. The Morgan fingerprint density at radius 2 is 1.45 bits per heavy atom. The first-order chi connectivity index (χ1) is 15.0. The third-order valence-electron chi connectivity index (χ3n) is 5.64. The molecule has 1 heterocycles. The van der Waals surface area contributed by atoms with Crippen molar-refractivity contribution >= 4 is 15.7 Å². The van der Waals surface area contributed by atoms with E-state index in [0.717, 1.165) is 16.8 Å². The van der Waals surface area contributed by atoms with Crippen molar-refractivity contribution in [1.82, 2.24) is 4.31 Å². The van der Waals surface area contributed by atoms with Crippen molar-refractivity contribution in [3.8, 4) is 0 Å². The smallest absolute Gasteiger partial charge is 0.243 e. The lowest BCUT2D eigenvalue weighted by Crippen LogP contribution is -2.40. The standard InChI is InChI=1S/C25H25FN2O2S/c26-23-13-11-21(12-14-23)25(27-19-20-7-3-1-4-8-20)22-15-17-28(18-16-22)31(29,30)24-9-5-2-6-10-24/h1-14,22H,15-19H2. The molecule has 0 bridgehead atoms. The Morgan fingerprint density at radius 3 is 2.06 bits per heavy atom. The molecule has 0 saturated carbocycles. The summed E-state index contributed by atoms with van der Waals surface area (Å²) in [6.45, 7) is 1.41. The highest BCUT2D eigenvalue weighted by atomic mass is 32.2. The summed E-state index contributed by atoms with van der Waals surface area (Å²) in [5, 5.41) is 0. The van der Waals surface area contributed by atoms with Gasteiger partial charge in [0.15, 0.2) is 0 Å². The zero-order valence-electron chi connectivity index (χ0n) is 17.2. The molecule has 160 valence electrons. The van der Waals surface area contributed by atoms with Gasteiger partial charge in [-0.2, -0.15) is 4.31 Å². The molecule has 4 nitrogen and oxygen atoms in total. The van der Waals surface area contributed by atoms with Crippen LogP contribution < -0.4 is 0 Å². The maximum atomic E-state index is 13.5. The van der Waals surface area contributed by atoms with Crippen molar-refractivity contribution in [3.63, 3.8) is 0 Å². The second-order valence-electron chi connectivity index (χ2n) is 7.69. The summed E-state index contributed by atoms with van der Waals surface area (Å²) in [6.07, 6.45) is 1.36. The highest BCUT2D eigenvalue weighted by molar-refractivity contribution is 7.89. The molecular weight excluding hydrogens is 411 g/mol. The van der Waals surface area contributed by atoms with Gasteiger partial charge < -0.3 is 0 Å². The van der Waals surface area contributed by atoms with Gasteiger partial charge in [-0.25, -0.2) is 12.8 Å². The molecule has 0 radical (unpaired) electrons. The van der Waals surface area contributed by atoms with Crippen LogP contribution in [0, 0.1) is 11.7 Å². The molecule has 0 atom stereocenters. The van der Waals surface area contributed by atoms with Crippen molar-refractivity contribution in [1.29, 1.82) is 0 Å².